The highest BCUT2D eigenvalue weighted by molar-refractivity contribution is 6.22. The van der Waals surface area contributed by atoms with E-state index < -0.39 is 9.17 Å². The number of unbranched alkanes of at least 4 members (excludes halogenated alkanes) is 2. The summed E-state index contributed by atoms with van der Waals surface area (Å²) in [5.41, 5.74) is 10.6. The maximum absolute atomic E-state index is 8.74. The van der Waals surface area contributed by atoms with Crippen LogP contribution in [0.5, 0.6) is 0 Å². The summed E-state index contributed by atoms with van der Waals surface area (Å²) in [7, 11) is -3.13. The van der Waals surface area contributed by atoms with Crippen LogP contribution in [-0.4, -0.2) is 24.9 Å². The van der Waals surface area contributed by atoms with Crippen molar-refractivity contribution in [2.45, 2.75) is 38.8 Å². The smallest absolute Gasteiger partial charge is 0.511 e. The molecule has 0 aromatic heterocycles. The van der Waals surface area contributed by atoms with E-state index in [0.29, 0.717) is 0 Å². The first-order valence-electron chi connectivity index (χ1n) is 3.93. The molecule has 0 rings (SSSR count). The quantitative estimate of drug-likeness (QED) is 0.266. The molecule has 0 atom stereocenters. The molecule has 5 nitrogen and oxygen atoms in total. The van der Waals surface area contributed by atoms with Crippen molar-refractivity contribution in [2.24, 2.45) is 11.5 Å². The Hall–Kier alpha value is -0.463. The second-order valence-electron chi connectivity index (χ2n) is 2.44. The van der Waals surface area contributed by atoms with Gasteiger partial charge in [-0.25, -0.2) is 0 Å². The zero-order valence-electron chi connectivity index (χ0n) is 7.36. The lowest BCUT2D eigenvalue weighted by molar-refractivity contribution is 0.330. The summed E-state index contributed by atoms with van der Waals surface area (Å²) in [5.74, 6) is 0. The lowest BCUT2D eigenvalue weighted by atomic mass is 10.2. The largest absolute Gasteiger partial charge is 0.761 e. The molecule has 0 bridgehead atoms. The first kappa shape index (κ1) is 14.1. The van der Waals surface area contributed by atoms with Crippen molar-refractivity contribution in [2.75, 3.05) is 0 Å². The van der Waals surface area contributed by atoms with Crippen molar-refractivity contribution in [1.29, 1.82) is 0 Å². The lowest BCUT2D eigenvalue weighted by Crippen LogP contribution is -2.29. The van der Waals surface area contributed by atoms with E-state index in [1.54, 1.807) is 0 Å². The number of nitrogens with two attached hydrogens (primary N) is 2. The fraction of sp³-hybridized carbons (Fsp3) is 1.00. The Kier molecular flexibility index (Phi) is 12.4. The van der Waals surface area contributed by atoms with Gasteiger partial charge in [0.15, 0.2) is 0 Å². The maximum atomic E-state index is 8.74. The van der Waals surface area contributed by atoms with Crippen molar-refractivity contribution < 1.29 is 14.1 Å². The molecule has 74 valence electrons. The van der Waals surface area contributed by atoms with E-state index in [0.717, 1.165) is 6.42 Å². The van der Waals surface area contributed by atoms with Gasteiger partial charge >= 0.3 is 9.17 Å². The van der Waals surface area contributed by atoms with E-state index in [4.69, 9.17) is 25.5 Å². The molecule has 0 saturated heterocycles. The van der Waals surface area contributed by atoms with Crippen LogP contribution in [-0.2, 0) is 4.46 Å². The van der Waals surface area contributed by atoms with Gasteiger partial charge < -0.3 is 21.1 Å². The predicted molar refractivity (Wildman–Crippen MR) is 47.2 cm³/mol. The Morgan fingerprint density at radius 3 is 2.00 bits per heavy atom. The molecule has 0 unspecified atom stereocenters. The van der Waals surface area contributed by atoms with Crippen molar-refractivity contribution in [3.8, 4) is 0 Å². The van der Waals surface area contributed by atoms with Crippen LogP contribution in [0.25, 0.3) is 0 Å². The molecule has 12 heavy (non-hydrogen) atoms. The molecule has 0 saturated carbocycles. The molecule has 0 amide bonds. The van der Waals surface area contributed by atoms with Crippen LogP contribution in [0, 0.1) is 0 Å². The Balaban J connectivity index is 0. The van der Waals surface area contributed by atoms with E-state index in [1.807, 2.05) is 0 Å². The monoisotopic (exact) mass is 194 g/mol. The summed E-state index contributed by atoms with van der Waals surface area (Å²) in [6, 6.07) is 0. The van der Waals surface area contributed by atoms with E-state index in [9.17, 15) is 0 Å². The van der Waals surface area contributed by atoms with E-state index in [1.165, 1.54) is 19.3 Å². The molecule has 0 aromatic rings. The second-order valence-corrected chi connectivity index (χ2v) is 3.01. The standard InChI is InChI=1S/C6H16N2.H2O3Si/c1-2-3-4-5-6(7)8;1-4(2)3/h6H,2-5,7-8H2,1H3;1-2H. The molecule has 0 aromatic carbocycles. The highest BCUT2D eigenvalue weighted by atomic mass is 28.3. The fourth-order valence-corrected chi connectivity index (χ4v) is 0.630. The van der Waals surface area contributed by atoms with Gasteiger partial charge in [-0.15, -0.1) is 0 Å². The Labute approximate surface area is 74.3 Å². The van der Waals surface area contributed by atoms with Gasteiger partial charge in [-0.05, 0) is 6.42 Å². The van der Waals surface area contributed by atoms with E-state index >= 15 is 0 Å². The van der Waals surface area contributed by atoms with Crippen LogP contribution in [0.4, 0.5) is 0 Å². The van der Waals surface area contributed by atoms with Gasteiger partial charge in [0.05, 0.1) is 6.17 Å². The molecule has 6 N–H and O–H groups in total. The van der Waals surface area contributed by atoms with Crippen molar-refractivity contribution in [1.82, 2.24) is 0 Å². The van der Waals surface area contributed by atoms with Crippen molar-refractivity contribution >= 4 is 9.17 Å². The summed E-state index contributed by atoms with van der Waals surface area (Å²) in [6.07, 6.45) is 4.54. The second kappa shape index (κ2) is 10.5. The minimum atomic E-state index is -3.13. The topological polar surface area (TPSA) is 110 Å². The summed E-state index contributed by atoms with van der Waals surface area (Å²) < 4.78 is 8.74. The lowest BCUT2D eigenvalue weighted by Gasteiger charge is -2.01. The predicted octanol–water partition coefficient (Wildman–Crippen LogP) is -0.803. The van der Waals surface area contributed by atoms with Crippen LogP contribution in [0.15, 0.2) is 0 Å². The number of hydrogen-bond acceptors (Lipinski definition) is 3. The van der Waals surface area contributed by atoms with Crippen molar-refractivity contribution in [3.63, 3.8) is 0 Å². The third-order valence-corrected chi connectivity index (χ3v) is 1.14. The van der Waals surface area contributed by atoms with Crippen LogP contribution >= 0.6 is 0 Å². The zero-order chi connectivity index (χ0) is 9.98. The minimum absolute atomic E-state index is 0.0958. The van der Waals surface area contributed by atoms with Crippen LogP contribution in [0.1, 0.15) is 32.6 Å². The van der Waals surface area contributed by atoms with Gasteiger partial charge in [-0.2, -0.15) is 0 Å². The van der Waals surface area contributed by atoms with E-state index in [-0.39, 0.29) is 6.17 Å². The van der Waals surface area contributed by atoms with Gasteiger partial charge in [0.25, 0.3) is 0 Å². The molecule has 6 heteroatoms. The SMILES string of the molecule is CCCCCC(N)N.O=[Si](O)O. The molecular weight excluding hydrogens is 176 g/mol. The average Bonchev–Trinajstić information content (AvgIpc) is 1.86. The number of rotatable bonds is 4. The van der Waals surface area contributed by atoms with Gasteiger partial charge in [0, 0.05) is 0 Å². The summed E-state index contributed by atoms with van der Waals surface area (Å²) in [6.45, 7) is 2.17. The van der Waals surface area contributed by atoms with Gasteiger partial charge in [0.1, 0.15) is 0 Å². The van der Waals surface area contributed by atoms with Gasteiger partial charge in [-0.1, -0.05) is 26.2 Å². The zero-order valence-corrected chi connectivity index (χ0v) is 8.36. The van der Waals surface area contributed by atoms with Crippen LogP contribution < -0.4 is 11.5 Å². The molecule has 0 aliphatic carbocycles. The number of hydrogen-bond donors (Lipinski definition) is 4. The van der Waals surface area contributed by atoms with E-state index in [2.05, 4.69) is 6.92 Å². The maximum Gasteiger partial charge on any atom is 0.761 e. The molecule has 0 heterocycles. The molecular formula is C6H18N2O3Si. The van der Waals surface area contributed by atoms with Crippen molar-refractivity contribution in [3.05, 3.63) is 0 Å². The Bertz CT molecular complexity index is 107. The first-order valence-corrected chi connectivity index (χ1v) is 5.24. The fourth-order valence-electron chi connectivity index (χ4n) is 0.630. The molecule has 0 aliphatic heterocycles. The third-order valence-electron chi connectivity index (χ3n) is 1.14. The molecule has 0 fully saturated rings. The van der Waals surface area contributed by atoms with Gasteiger partial charge in [-0.3, -0.25) is 4.46 Å². The Morgan fingerprint density at radius 2 is 1.75 bits per heavy atom. The molecule has 0 aliphatic rings. The first-order chi connectivity index (χ1) is 5.50. The Morgan fingerprint density at radius 1 is 1.33 bits per heavy atom. The van der Waals surface area contributed by atoms with Gasteiger partial charge in [0.2, 0.25) is 0 Å². The summed E-state index contributed by atoms with van der Waals surface area (Å²) in [5, 5.41) is 0. The average molecular weight is 194 g/mol. The summed E-state index contributed by atoms with van der Waals surface area (Å²) in [4.78, 5) is 14.3. The normalized spacial score (nSPS) is 9.00. The highest BCUT2D eigenvalue weighted by Gasteiger charge is 1.90. The minimum Gasteiger partial charge on any atom is -0.511 e. The molecule has 0 spiro atoms. The van der Waals surface area contributed by atoms with Crippen LogP contribution in [0.2, 0.25) is 0 Å². The molecule has 0 radical (unpaired) electrons. The van der Waals surface area contributed by atoms with Crippen LogP contribution in [0.3, 0.4) is 0 Å². The summed E-state index contributed by atoms with van der Waals surface area (Å²) >= 11 is 0. The third kappa shape index (κ3) is 33.8. The highest BCUT2D eigenvalue weighted by Crippen LogP contribution is 1.97.